The summed E-state index contributed by atoms with van der Waals surface area (Å²) in [5, 5.41) is 12.4. The van der Waals surface area contributed by atoms with Gasteiger partial charge in [-0.05, 0) is 93.1 Å². The van der Waals surface area contributed by atoms with E-state index in [0.29, 0.717) is 34.0 Å². The topological polar surface area (TPSA) is 116 Å². The largest absolute Gasteiger partial charge is 0.508 e. The summed E-state index contributed by atoms with van der Waals surface area (Å²) in [5.41, 5.74) is 3.08. The number of hydrogen-bond acceptors (Lipinski definition) is 7. The zero-order valence-corrected chi connectivity index (χ0v) is 28.4. The van der Waals surface area contributed by atoms with Crippen LogP contribution < -0.4 is 10.2 Å². The second-order valence-corrected chi connectivity index (χ2v) is 14.8. The molecule has 7 rings (SSSR count). The summed E-state index contributed by atoms with van der Waals surface area (Å²) >= 11 is 12.6. The quantitative estimate of drug-likeness (QED) is 0.233. The van der Waals surface area contributed by atoms with E-state index in [9.17, 15) is 19.5 Å². The number of rotatable bonds is 5. The number of nitrogens with zero attached hydrogens (tertiary/aromatic N) is 2. The summed E-state index contributed by atoms with van der Waals surface area (Å²) in [6, 6.07) is 18.5. The van der Waals surface area contributed by atoms with E-state index in [1.165, 1.54) is 11.0 Å². The number of likely N-dealkylation sites (tertiary alicyclic amines) is 1. The average molecular weight is 689 g/mol. The molecule has 48 heavy (non-hydrogen) atoms. The number of amides is 4. The van der Waals surface area contributed by atoms with Crippen molar-refractivity contribution >= 4 is 52.5 Å². The molecule has 3 fully saturated rings. The SMILES string of the molecule is COc1ccc([C@@]23C(=O)N(Nc4ccc(Cl)cc4Cl)C(=O)[C@@H]2C[C@@H]2C(=CC[C@@H]4C(=O)N(C(C)(C)C)C(=O)[C@@H]42)[C@@H]3c2cccc(O)c2)cc1. The lowest BCUT2D eigenvalue weighted by atomic mass is 9.49. The summed E-state index contributed by atoms with van der Waals surface area (Å²) in [7, 11) is 1.55. The Morgan fingerprint density at radius 1 is 0.917 bits per heavy atom. The van der Waals surface area contributed by atoms with Crippen molar-refractivity contribution in [3.05, 3.63) is 99.6 Å². The summed E-state index contributed by atoms with van der Waals surface area (Å²) in [6.07, 6.45) is 2.46. The number of anilines is 1. The second kappa shape index (κ2) is 11.4. The first kappa shape index (κ1) is 32.2. The van der Waals surface area contributed by atoms with E-state index >= 15 is 4.79 Å². The Hall–Kier alpha value is -4.34. The second-order valence-electron chi connectivity index (χ2n) is 14.0. The third-order valence-electron chi connectivity index (χ3n) is 10.5. The molecule has 2 aliphatic heterocycles. The molecule has 2 aliphatic carbocycles. The predicted molar refractivity (Wildman–Crippen MR) is 180 cm³/mol. The van der Waals surface area contributed by atoms with Crippen molar-refractivity contribution in [1.82, 2.24) is 9.91 Å². The van der Waals surface area contributed by atoms with Crippen molar-refractivity contribution in [3.8, 4) is 11.5 Å². The summed E-state index contributed by atoms with van der Waals surface area (Å²) < 4.78 is 5.44. The van der Waals surface area contributed by atoms with Gasteiger partial charge in [0.2, 0.25) is 11.8 Å². The lowest BCUT2D eigenvalue weighted by molar-refractivity contribution is -0.146. The molecular formula is C37H35Cl2N3O6. The molecule has 4 amide bonds. The first-order valence-electron chi connectivity index (χ1n) is 15.9. The van der Waals surface area contributed by atoms with E-state index < -0.39 is 52.4 Å². The minimum atomic E-state index is -1.49. The number of phenolic OH excluding ortho intramolecular Hbond substituents is 1. The molecule has 2 heterocycles. The van der Waals surface area contributed by atoms with Gasteiger partial charge in [-0.25, -0.2) is 0 Å². The van der Waals surface area contributed by atoms with Crippen LogP contribution in [0, 0.1) is 23.7 Å². The van der Waals surface area contributed by atoms with Crippen molar-refractivity contribution in [2.45, 2.75) is 50.5 Å². The number of fused-ring (bicyclic) bond motifs is 4. The highest BCUT2D eigenvalue weighted by molar-refractivity contribution is 6.36. The van der Waals surface area contributed by atoms with Gasteiger partial charge in [0.15, 0.2) is 0 Å². The molecule has 0 bridgehead atoms. The van der Waals surface area contributed by atoms with Crippen LogP contribution in [0.4, 0.5) is 5.69 Å². The van der Waals surface area contributed by atoms with E-state index in [2.05, 4.69) is 5.43 Å². The fraction of sp³-hybridized carbons (Fsp3) is 0.351. The lowest BCUT2D eigenvalue weighted by Crippen LogP contribution is -2.53. The van der Waals surface area contributed by atoms with Crippen LogP contribution in [0.5, 0.6) is 11.5 Å². The number of nitrogens with one attached hydrogen (secondary N) is 1. The number of phenols is 1. The lowest BCUT2D eigenvalue weighted by Gasteiger charge is -2.50. The molecule has 0 aromatic heterocycles. The first-order valence-corrected chi connectivity index (χ1v) is 16.7. The van der Waals surface area contributed by atoms with Crippen LogP contribution in [0.2, 0.25) is 10.0 Å². The maximum Gasteiger partial charge on any atom is 0.260 e. The Bertz CT molecular complexity index is 1900. The van der Waals surface area contributed by atoms with Crippen molar-refractivity contribution in [2.24, 2.45) is 23.7 Å². The fourth-order valence-corrected chi connectivity index (χ4v) is 9.03. The summed E-state index contributed by atoms with van der Waals surface area (Å²) in [6.45, 7) is 5.51. The maximum atomic E-state index is 15.2. The van der Waals surface area contributed by atoms with Crippen LogP contribution in [0.15, 0.2) is 78.4 Å². The molecule has 1 saturated carbocycles. The molecule has 0 radical (unpaired) electrons. The molecule has 248 valence electrons. The van der Waals surface area contributed by atoms with Crippen molar-refractivity contribution in [1.29, 1.82) is 0 Å². The number of aromatic hydroxyl groups is 1. The maximum absolute atomic E-state index is 15.2. The van der Waals surface area contributed by atoms with Crippen LogP contribution in [0.25, 0.3) is 0 Å². The predicted octanol–water partition coefficient (Wildman–Crippen LogP) is 6.49. The number of hydrogen-bond donors (Lipinski definition) is 2. The molecule has 3 aromatic carbocycles. The number of carbonyl (C=O) groups excluding carboxylic acids is 4. The number of carbonyl (C=O) groups is 4. The first-order chi connectivity index (χ1) is 22.8. The van der Waals surface area contributed by atoms with Gasteiger partial charge in [-0.1, -0.05) is 59.1 Å². The van der Waals surface area contributed by atoms with Gasteiger partial charge in [0.25, 0.3) is 11.8 Å². The standard InChI is InChI=1S/C37H35Cl2N3O6/c1-36(2,3)41-32(44)25-14-13-24-26(30(25)34(41)46)18-27-33(45)42(40-29-15-10-21(38)17-28(29)39)35(47)37(27,20-8-11-23(48-4)12-9-20)31(24)19-6-5-7-22(43)16-19/h5-13,15-17,25-27,30-31,40,43H,14,18H2,1-4H3/t25-,26+,27-,30-,31-,37+/m0/s1. The molecule has 3 aromatic rings. The van der Waals surface area contributed by atoms with Crippen LogP contribution in [0.1, 0.15) is 50.7 Å². The molecule has 6 atom stereocenters. The van der Waals surface area contributed by atoms with E-state index in [1.807, 2.05) is 32.9 Å². The monoisotopic (exact) mass is 687 g/mol. The number of halogens is 2. The Kier molecular flexibility index (Phi) is 7.64. The molecule has 9 nitrogen and oxygen atoms in total. The minimum Gasteiger partial charge on any atom is -0.508 e. The van der Waals surface area contributed by atoms with Crippen LogP contribution in [-0.2, 0) is 24.6 Å². The van der Waals surface area contributed by atoms with Gasteiger partial charge in [0, 0.05) is 16.5 Å². The molecule has 2 saturated heterocycles. The van der Waals surface area contributed by atoms with Crippen LogP contribution in [-0.4, -0.2) is 51.3 Å². The third kappa shape index (κ3) is 4.65. The van der Waals surface area contributed by atoms with Gasteiger partial charge in [-0.15, -0.1) is 0 Å². The number of imide groups is 2. The summed E-state index contributed by atoms with van der Waals surface area (Å²) in [4.78, 5) is 59.2. The molecule has 4 aliphatic rings. The zero-order valence-electron chi connectivity index (χ0n) is 26.9. The van der Waals surface area contributed by atoms with Gasteiger partial charge >= 0.3 is 0 Å². The van der Waals surface area contributed by atoms with Crippen molar-refractivity contribution in [3.63, 3.8) is 0 Å². The summed E-state index contributed by atoms with van der Waals surface area (Å²) in [5.74, 6) is -4.39. The Balaban J connectivity index is 1.46. The van der Waals surface area contributed by atoms with E-state index in [1.54, 1.807) is 61.7 Å². The van der Waals surface area contributed by atoms with Crippen LogP contribution in [0.3, 0.4) is 0 Å². The van der Waals surface area contributed by atoms with Crippen molar-refractivity contribution < 1.29 is 29.0 Å². The normalized spacial score (nSPS) is 28.2. The van der Waals surface area contributed by atoms with Crippen molar-refractivity contribution in [2.75, 3.05) is 12.5 Å². The number of methoxy groups -OCH3 is 1. The van der Waals surface area contributed by atoms with Gasteiger partial charge in [0.05, 0.1) is 41.0 Å². The average Bonchev–Trinajstić information content (AvgIpc) is 3.43. The third-order valence-corrected chi connectivity index (χ3v) is 11.0. The van der Waals surface area contributed by atoms with Crippen LogP contribution >= 0.6 is 23.2 Å². The van der Waals surface area contributed by atoms with Gasteiger partial charge in [-0.2, -0.15) is 5.01 Å². The fourth-order valence-electron chi connectivity index (χ4n) is 8.58. The molecule has 0 unspecified atom stereocenters. The minimum absolute atomic E-state index is 0.00364. The van der Waals surface area contributed by atoms with E-state index in [4.69, 9.17) is 27.9 Å². The number of hydrazine groups is 1. The zero-order chi connectivity index (χ0) is 34.3. The Morgan fingerprint density at radius 3 is 2.29 bits per heavy atom. The Morgan fingerprint density at radius 2 is 1.65 bits per heavy atom. The molecular weight excluding hydrogens is 653 g/mol. The number of ether oxygens (including phenoxy) is 1. The van der Waals surface area contributed by atoms with E-state index in [0.717, 1.165) is 10.6 Å². The molecule has 2 N–H and O–H groups in total. The Labute approximate surface area is 288 Å². The highest BCUT2D eigenvalue weighted by Gasteiger charge is 2.70. The highest BCUT2D eigenvalue weighted by atomic mass is 35.5. The molecule has 11 heteroatoms. The smallest absolute Gasteiger partial charge is 0.260 e. The highest BCUT2D eigenvalue weighted by Crippen LogP contribution is 2.64. The number of benzene rings is 3. The van der Waals surface area contributed by atoms with Gasteiger partial charge < -0.3 is 9.84 Å². The number of allylic oxidation sites excluding steroid dienone is 2. The van der Waals surface area contributed by atoms with E-state index in [-0.39, 0.29) is 29.0 Å². The molecule has 0 spiro atoms. The van der Waals surface area contributed by atoms with Gasteiger partial charge in [-0.3, -0.25) is 29.5 Å². The van der Waals surface area contributed by atoms with Gasteiger partial charge in [0.1, 0.15) is 11.5 Å².